The number of sulfonamides is 1. The Balaban J connectivity index is 2.38. The van der Waals surface area contributed by atoms with Crippen molar-refractivity contribution in [3.05, 3.63) is 57.6 Å². The molecule has 0 saturated heterocycles. The maximum absolute atomic E-state index is 12.7. The van der Waals surface area contributed by atoms with Crippen molar-refractivity contribution in [2.75, 3.05) is 13.1 Å². The second-order valence-electron chi connectivity index (χ2n) is 5.53. The fraction of sp³-hybridized carbons (Fsp3) is 0.278. The van der Waals surface area contributed by atoms with Crippen molar-refractivity contribution < 1.29 is 17.9 Å². The van der Waals surface area contributed by atoms with Crippen molar-refractivity contribution in [3.8, 4) is 5.75 Å². The first-order valence-corrected chi connectivity index (χ1v) is 10.2. The van der Waals surface area contributed by atoms with E-state index in [0.717, 1.165) is 0 Å². The normalized spacial score (nSPS) is 11.6. The van der Waals surface area contributed by atoms with Gasteiger partial charge in [-0.1, -0.05) is 37.0 Å². The number of hydrogen-bond acceptors (Lipinski definition) is 4. The van der Waals surface area contributed by atoms with Crippen molar-refractivity contribution in [2.45, 2.75) is 25.7 Å². The number of hydrogen-bond donors (Lipinski definition) is 0. The molecule has 0 unspecified atom stereocenters. The van der Waals surface area contributed by atoms with Crippen LogP contribution in [-0.2, 0) is 10.0 Å². The van der Waals surface area contributed by atoms with Crippen molar-refractivity contribution in [2.24, 2.45) is 0 Å². The Kier molecular flexibility index (Phi) is 6.69. The number of aryl methyl sites for hydroxylation is 1. The summed E-state index contributed by atoms with van der Waals surface area (Å²) in [6.07, 6.45) is 0. The molecule has 0 aliphatic rings. The Morgan fingerprint density at radius 3 is 2.31 bits per heavy atom. The van der Waals surface area contributed by atoms with Gasteiger partial charge in [0.2, 0.25) is 10.0 Å². The third-order valence-corrected chi connectivity index (χ3v) is 6.60. The summed E-state index contributed by atoms with van der Waals surface area (Å²) in [5.41, 5.74) is 0.783. The van der Waals surface area contributed by atoms with Gasteiger partial charge < -0.3 is 4.74 Å². The quantitative estimate of drug-likeness (QED) is 0.512. The number of rotatable bonds is 6. The fourth-order valence-corrected chi connectivity index (χ4v) is 4.60. The second-order valence-corrected chi connectivity index (χ2v) is 8.28. The van der Waals surface area contributed by atoms with Crippen molar-refractivity contribution in [3.63, 3.8) is 0 Å². The smallest absolute Gasteiger partial charge is 0.343 e. The van der Waals surface area contributed by atoms with Gasteiger partial charge in [-0.15, -0.1) is 0 Å². The van der Waals surface area contributed by atoms with Crippen LogP contribution in [0.25, 0.3) is 0 Å². The first-order chi connectivity index (χ1) is 12.2. The molecular weight excluding hydrogens is 397 g/mol. The van der Waals surface area contributed by atoms with E-state index in [9.17, 15) is 13.2 Å². The van der Waals surface area contributed by atoms with E-state index >= 15 is 0 Å². The molecule has 0 amide bonds. The van der Waals surface area contributed by atoms with E-state index in [-0.39, 0.29) is 15.5 Å². The third kappa shape index (κ3) is 4.38. The minimum Gasteiger partial charge on any atom is -0.423 e. The van der Waals surface area contributed by atoms with Crippen LogP contribution >= 0.6 is 23.2 Å². The van der Waals surface area contributed by atoms with E-state index < -0.39 is 16.0 Å². The Morgan fingerprint density at radius 2 is 1.73 bits per heavy atom. The summed E-state index contributed by atoms with van der Waals surface area (Å²) < 4.78 is 32.1. The topological polar surface area (TPSA) is 63.7 Å². The van der Waals surface area contributed by atoms with Gasteiger partial charge in [0.15, 0.2) is 0 Å². The molecule has 0 N–H and O–H groups in total. The van der Waals surface area contributed by atoms with E-state index in [2.05, 4.69) is 0 Å². The molecule has 0 spiro atoms. The Hall–Kier alpha value is -1.60. The highest BCUT2D eigenvalue weighted by Gasteiger charge is 2.26. The maximum Gasteiger partial charge on any atom is 0.343 e. The average Bonchev–Trinajstić information content (AvgIpc) is 2.58. The fourth-order valence-electron chi connectivity index (χ4n) is 2.42. The molecule has 0 aromatic heterocycles. The number of nitrogens with zero attached hydrogens (tertiary/aromatic N) is 1. The van der Waals surface area contributed by atoms with Gasteiger partial charge in [0.1, 0.15) is 10.6 Å². The van der Waals surface area contributed by atoms with Gasteiger partial charge in [-0.25, -0.2) is 13.2 Å². The standard InChI is InChI=1S/C18H19Cl2NO4S/c1-4-21(5-2)26(23,24)17-11-13(6-8-15(17)20)18(22)25-16-9-7-14(19)10-12(16)3/h6-11H,4-5H2,1-3H3. The zero-order valence-electron chi connectivity index (χ0n) is 14.6. The minimum absolute atomic E-state index is 0.0520. The van der Waals surface area contributed by atoms with Crippen molar-refractivity contribution >= 4 is 39.2 Å². The molecular formula is C18H19Cl2NO4S. The zero-order chi connectivity index (χ0) is 19.5. The first kappa shape index (κ1) is 20.7. The number of benzene rings is 2. The minimum atomic E-state index is -3.80. The second kappa shape index (κ2) is 8.39. The molecule has 26 heavy (non-hydrogen) atoms. The highest BCUT2D eigenvalue weighted by molar-refractivity contribution is 7.89. The lowest BCUT2D eigenvalue weighted by molar-refractivity contribution is 0.0733. The van der Waals surface area contributed by atoms with Crippen LogP contribution in [0.1, 0.15) is 29.8 Å². The molecule has 8 heteroatoms. The van der Waals surface area contributed by atoms with Crippen LogP contribution in [0.5, 0.6) is 5.75 Å². The largest absolute Gasteiger partial charge is 0.423 e. The first-order valence-electron chi connectivity index (χ1n) is 7.98. The van der Waals surface area contributed by atoms with Crippen LogP contribution in [0.4, 0.5) is 0 Å². The molecule has 2 aromatic carbocycles. The van der Waals surface area contributed by atoms with Gasteiger partial charge in [-0.05, 0) is 48.9 Å². The monoisotopic (exact) mass is 415 g/mol. The summed E-state index contributed by atoms with van der Waals surface area (Å²) in [6, 6.07) is 8.90. The van der Waals surface area contributed by atoms with Crippen LogP contribution in [0.3, 0.4) is 0 Å². The van der Waals surface area contributed by atoms with Gasteiger partial charge in [0.05, 0.1) is 10.6 Å². The summed E-state index contributed by atoms with van der Waals surface area (Å²) in [4.78, 5) is 12.3. The molecule has 0 saturated carbocycles. The van der Waals surface area contributed by atoms with E-state index in [1.807, 2.05) is 0 Å². The molecule has 5 nitrogen and oxygen atoms in total. The molecule has 2 aromatic rings. The summed E-state index contributed by atoms with van der Waals surface area (Å²) >= 11 is 12.0. The molecule has 0 bridgehead atoms. The Morgan fingerprint density at radius 1 is 1.08 bits per heavy atom. The molecule has 0 aliphatic carbocycles. The van der Waals surface area contributed by atoms with Crippen LogP contribution in [0, 0.1) is 6.92 Å². The highest BCUT2D eigenvalue weighted by atomic mass is 35.5. The molecule has 140 valence electrons. The van der Waals surface area contributed by atoms with Gasteiger partial charge in [0, 0.05) is 18.1 Å². The Bertz CT molecular complexity index is 925. The van der Waals surface area contributed by atoms with Crippen LogP contribution in [-0.4, -0.2) is 31.8 Å². The van der Waals surface area contributed by atoms with Gasteiger partial charge in [0.25, 0.3) is 0 Å². The van der Waals surface area contributed by atoms with E-state index in [1.54, 1.807) is 39.0 Å². The molecule has 0 radical (unpaired) electrons. The van der Waals surface area contributed by atoms with Gasteiger partial charge in [-0.2, -0.15) is 4.31 Å². The van der Waals surface area contributed by atoms with E-state index in [1.165, 1.54) is 22.5 Å². The number of carbonyl (C=O) groups is 1. The van der Waals surface area contributed by atoms with Crippen LogP contribution < -0.4 is 4.74 Å². The molecule has 2 rings (SSSR count). The average molecular weight is 416 g/mol. The zero-order valence-corrected chi connectivity index (χ0v) is 17.0. The lowest BCUT2D eigenvalue weighted by Gasteiger charge is -2.19. The molecule has 0 heterocycles. The summed E-state index contributed by atoms with van der Waals surface area (Å²) in [5.74, 6) is -0.328. The van der Waals surface area contributed by atoms with Crippen molar-refractivity contribution in [1.29, 1.82) is 0 Å². The molecule has 0 aliphatic heterocycles. The predicted molar refractivity (Wildman–Crippen MR) is 103 cm³/mol. The third-order valence-electron chi connectivity index (χ3n) is 3.83. The van der Waals surface area contributed by atoms with Gasteiger partial charge in [-0.3, -0.25) is 0 Å². The van der Waals surface area contributed by atoms with Crippen LogP contribution in [0.2, 0.25) is 10.0 Å². The highest BCUT2D eigenvalue weighted by Crippen LogP contribution is 2.27. The lowest BCUT2D eigenvalue weighted by atomic mass is 10.2. The Labute approximate surface area is 163 Å². The maximum atomic E-state index is 12.7. The molecule has 0 atom stereocenters. The SMILES string of the molecule is CCN(CC)S(=O)(=O)c1cc(C(=O)Oc2ccc(Cl)cc2C)ccc1Cl. The van der Waals surface area contributed by atoms with E-state index in [0.29, 0.717) is 29.4 Å². The lowest BCUT2D eigenvalue weighted by Crippen LogP contribution is -2.31. The number of halogens is 2. The summed E-state index contributed by atoms with van der Waals surface area (Å²) in [7, 11) is -3.80. The predicted octanol–water partition coefficient (Wildman–Crippen LogP) is 4.55. The summed E-state index contributed by atoms with van der Waals surface area (Å²) in [6.45, 7) is 5.82. The number of esters is 1. The van der Waals surface area contributed by atoms with Gasteiger partial charge >= 0.3 is 5.97 Å². The number of carbonyl (C=O) groups excluding carboxylic acids is 1. The number of ether oxygens (including phenoxy) is 1. The summed E-state index contributed by atoms with van der Waals surface area (Å²) in [5, 5.41) is 0.581. The molecule has 0 fully saturated rings. The van der Waals surface area contributed by atoms with Crippen LogP contribution in [0.15, 0.2) is 41.3 Å². The van der Waals surface area contributed by atoms with Crippen molar-refractivity contribution in [1.82, 2.24) is 4.31 Å². The van der Waals surface area contributed by atoms with E-state index in [4.69, 9.17) is 27.9 Å².